The van der Waals surface area contributed by atoms with Gasteiger partial charge in [-0.3, -0.25) is 9.67 Å². The van der Waals surface area contributed by atoms with Crippen LogP contribution in [-0.2, 0) is 6.54 Å². The average molecular weight is 299 g/mol. The van der Waals surface area contributed by atoms with Crippen LogP contribution in [0.25, 0.3) is 11.1 Å². The molecule has 0 bridgehead atoms. The summed E-state index contributed by atoms with van der Waals surface area (Å²) in [6.07, 6.45) is 12.0. The van der Waals surface area contributed by atoms with Crippen LogP contribution >= 0.6 is 0 Å². The van der Waals surface area contributed by atoms with E-state index in [2.05, 4.69) is 20.7 Å². The minimum absolute atomic E-state index is 0.0773. The Bertz CT molecular complexity index is 604. The molecule has 2 heterocycles. The van der Waals surface area contributed by atoms with Crippen LogP contribution in [0.15, 0.2) is 36.9 Å². The van der Waals surface area contributed by atoms with Gasteiger partial charge in [-0.25, -0.2) is 4.79 Å². The van der Waals surface area contributed by atoms with E-state index in [0.717, 1.165) is 24.0 Å². The van der Waals surface area contributed by atoms with Crippen molar-refractivity contribution in [3.05, 3.63) is 36.9 Å². The first-order valence-corrected chi connectivity index (χ1v) is 7.78. The Morgan fingerprint density at radius 2 is 2.14 bits per heavy atom. The van der Waals surface area contributed by atoms with Crippen LogP contribution in [0, 0.1) is 0 Å². The van der Waals surface area contributed by atoms with Crippen molar-refractivity contribution in [2.75, 3.05) is 6.54 Å². The van der Waals surface area contributed by atoms with Gasteiger partial charge in [-0.2, -0.15) is 5.10 Å². The number of pyridine rings is 1. The fourth-order valence-corrected chi connectivity index (χ4v) is 2.76. The third kappa shape index (κ3) is 3.84. The molecule has 116 valence electrons. The highest BCUT2D eigenvalue weighted by molar-refractivity contribution is 5.74. The maximum atomic E-state index is 11.8. The molecule has 0 saturated heterocycles. The number of carbonyl (C=O) groups is 1. The Kier molecular flexibility index (Phi) is 4.68. The fraction of sp³-hybridized carbons (Fsp3) is 0.438. The fourth-order valence-electron chi connectivity index (χ4n) is 2.76. The molecular weight excluding hydrogens is 278 g/mol. The summed E-state index contributed by atoms with van der Waals surface area (Å²) in [6.45, 7) is 1.21. The zero-order chi connectivity index (χ0) is 15.2. The molecule has 1 fully saturated rings. The Morgan fingerprint density at radius 1 is 1.27 bits per heavy atom. The quantitative estimate of drug-likeness (QED) is 0.889. The molecule has 0 aliphatic heterocycles. The smallest absolute Gasteiger partial charge is 0.315 e. The first kappa shape index (κ1) is 14.6. The number of nitrogens with zero attached hydrogens (tertiary/aromatic N) is 3. The lowest BCUT2D eigenvalue weighted by Gasteiger charge is -2.12. The molecule has 22 heavy (non-hydrogen) atoms. The summed E-state index contributed by atoms with van der Waals surface area (Å²) in [7, 11) is 0. The Balaban J connectivity index is 1.44. The highest BCUT2D eigenvalue weighted by Crippen LogP contribution is 2.17. The van der Waals surface area contributed by atoms with Gasteiger partial charge in [0, 0.05) is 42.3 Å². The Labute approximate surface area is 129 Å². The number of nitrogens with one attached hydrogen (secondary N) is 2. The van der Waals surface area contributed by atoms with Gasteiger partial charge in [0.05, 0.1) is 12.7 Å². The van der Waals surface area contributed by atoms with Crippen molar-refractivity contribution in [3.63, 3.8) is 0 Å². The van der Waals surface area contributed by atoms with Gasteiger partial charge < -0.3 is 10.6 Å². The van der Waals surface area contributed by atoms with Gasteiger partial charge in [-0.1, -0.05) is 18.9 Å². The van der Waals surface area contributed by atoms with Crippen molar-refractivity contribution >= 4 is 6.03 Å². The van der Waals surface area contributed by atoms with Gasteiger partial charge in [-0.15, -0.1) is 0 Å². The van der Waals surface area contributed by atoms with Crippen LogP contribution in [0.4, 0.5) is 4.79 Å². The minimum atomic E-state index is -0.0773. The lowest BCUT2D eigenvalue weighted by molar-refractivity contribution is 0.236. The van der Waals surface area contributed by atoms with Gasteiger partial charge in [0.15, 0.2) is 0 Å². The summed E-state index contributed by atoms with van der Waals surface area (Å²) in [6, 6.07) is 4.18. The predicted octanol–water partition coefficient (Wildman–Crippen LogP) is 2.19. The van der Waals surface area contributed by atoms with Crippen molar-refractivity contribution in [3.8, 4) is 11.1 Å². The van der Waals surface area contributed by atoms with Crippen LogP contribution in [0.3, 0.4) is 0 Å². The second kappa shape index (κ2) is 7.06. The van der Waals surface area contributed by atoms with Crippen LogP contribution < -0.4 is 10.6 Å². The summed E-state index contributed by atoms with van der Waals surface area (Å²) in [5.41, 5.74) is 2.07. The summed E-state index contributed by atoms with van der Waals surface area (Å²) >= 11 is 0. The van der Waals surface area contributed by atoms with Crippen LogP contribution in [-0.4, -0.2) is 33.4 Å². The van der Waals surface area contributed by atoms with E-state index >= 15 is 0 Å². The zero-order valence-corrected chi connectivity index (χ0v) is 12.5. The molecule has 0 spiro atoms. The van der Waals surface area contributed by atoms with Crippen LogP contribution in [0.5, 0.6) is 0 Å². The van der Waals surface area contributed by atoms with E-state index in [1.165, 1.54) is 12.8 Å². The second-order valence-electron chi connectivity index (χ2n) is 5.62. The van der Waals surface area contributed by atoms with Crippen molar-refractivity contribution in [2.24, 2.45) is 0 Å². The second-order valence-corrected chi connectivity index (χ2v) is 5.62. The number of aromatic nitrogens is 3. The van der Waals surface area contributed by atoms with E-state index in [4.69, 9.17) is 0 Å². The molecule has 1 aliphatic rings. The highest BCUT2D eigenvalue weighted by atomic mass is 16.2. The summed E-state index contributed by atoms with van der Waals surface area (Å²) in [5.74, 6) is 0. The van der Waals surface area contributed by atoms with E-state index in [-0.39, 0.29) is 6.03 Å². The monoisotopic (exact) mass is 299 g/mol. The number of hydrogen-bond acceptors (Lipinski definition) is 3. The Morgan fingerprint density at radius 3 is 2.91 bits per heavy atom. The van der Waals surface area contributed by atoms with Gasteiger partial charge in [0.2, 0.25) is 0 Å². The maximum absolute atomic E-state index is 11.8. The van der Waals surface area contributed by atoms with Gasteiger partial charge in [0.1, 0.15) is 0 Å². The topological polar surface area (TPSA) is 71.8 Å². The van der Waals surface area contributed by atoms with Crippen molar-refractivity contribution in [1.29, 1.82) is 0 Å². The summed E-state index contributed by atoms with van der Waals surface area (Å²) in [5, 5.41) is 10.2. The third-order valence-electron chi connectivity index (χ3n) is 3.94. The Hall–Kier alpha value is -2.37. The molecular formula is C16H21N5O. The number of amides is 2. The molecule has 0 radical (unpaired) electrons. The number of rotatable bonds is 5. The van der Waals surface area contributed by atoms with Gasteiger partial charge in [-0.05, 0) is 18.9 Å². The van der Waals surface area contributed by atoms with Crippen LogP contribution in [0.2, 0.25) is 0 Å². The molecule has 6 nitrogen and oxygen atoms in total. The van der Waals surface area contributed by atoms with Crippen LogP contribution in [0.1, 0.15) is 25.7 Å². The largest absolute Gasteiger partial charge is 0.336 e. The summed E-state index contributed by atoms with van der Waals surface area (Å²) in [4.78, 5) is 15.9. The number of urea groups is 1. The highest BCUT2D eigenvalue weighted by Gasteiger charge is 2.16. The predicted molar refractivity (Wildman–Crippen MR) is 84.2 cm³/mol. The van der Waals surface area contributed by atoms with Crippen molar-refractivity contribution in [1.82, 2.24) is 25.4 Å². The molecule has 1 aliphatic carbocycles. The van der Waals surface area contributed by atoms with Crippen molar-refractivity contribution in [2.45, 2.75) is 38.3 Å². The molecule has 1 saturated carbocycles. The molecule has 2 N–H and O–H groups in total. The average Bonchev–Trinajstić information content (AvgIpc) is 3.20. The first-order valence-electron chi connectivity index (χ1n) is 7.78. The normalized spacial score (nSPS) is 14.9. The third-order valence-corrected chi connectivity index (χ3v) is 3.94. The van der Waals surface area contributed by atoms with Gasteiger partial charge in [0.25, 0.3) is 0 Å². The number of carbonyl (C=O) groups excluding carboxylic acids is 1. The lowest BCUT2D eigenvalue weighted by atomic mass is 10.2. The molecule has 2 aromatic heterocycles. The summed E-state index contributed by atoms with van der Waals surface area (Å²) < 4.78 is 1.83. The molecule has 0 unspecified atom stereocenters. The number of hydrogen-bond donors (Lipinski definition) is 2. The molecule has 0 aromatic carbocycles. The standard InChI is InChI=1S/C16H21N5O/c22-16(20-15-5-1-2-6-15)18-8-9-21-12-14(11-19-21)13-4-3-7-17-10-13/h3-4,7,10-12,15H,1-2,5-6,8-9H2,(H2,18,20,22). The van der Waals surface area contributed by atoms with Crippen molar-refractivity contribution < 1.29 is 4.79 Å². The first-order chi connectivity index (χ1) is 10.8. The van der Waals surface area contributed by atoms with E-state index in [9.17, 15) is 4.79 Å². The molecule has 0 atom stereocenters. The SMILES string of the molecule is O=C(NCCn1cc(-c2cccnc2)cn1)NC1CCCC1. The van der Waals surface area contributed by atoms with E-state index in [1.807, 2.05) is 35.4 Å². The molecule has 2 aromatic rings. The molecule has 6 heteroatoms. The van der Waals surface area contributed by atoms with E-state index < -0.39 is 0 Å². The lowest BCUT2D eigenvalue weighted by Crippen LogP contribution is -2.41. The van der Waals surface area contributed by atoms with E-state index in [1.54, 1.807) is 6.20 Å². The molecule has 2 amide bonds. The van der Waals surface area contributed by atoms with Gasteiger partial charge >= 0.3 is 6.03 Å². The maximum Gasteiger partial charge on any atom is 0.315 e. The molecule has 3 rings (SSSR count). The minimum Gasteiger partial charge on any atom is -0.336 e. The zero-order valence-electron chi connectivity index (χ0n) is 12.5. The van der Waals surface area contributed by atoms with E-state index in [0.29, 0.717) is 19.1 Å².